The zero-order valence-electron chi connectivity index (χ0n) is 15.6. The number of rotatable bonds is 8. The van der Waals surface area contributed by atoms with Crippen LogP contribution in [0.1, 0.15) is 32.6 Å². The average molecular weight is 385 g/mol. The summed E-state index contributed by atoms with van der Waals surface area (Å²) in [4.78, 5) is 12.7. The molecule has 26 heavy (non-hydrogen) atoms. The highest BCUT2D eigenvalue weighted by molar-refractivity contribution is 7.89. The van der Waals surface area contributed by atoms with Gasteiger partial charge in [-0.05, 0) is 45.0 Å². The molecule has 0 aromatic heterocycles. The zero-order valence-corrected chi connectivity index (χ0v) is 16.4. The quantitative estimate of drug-likeness (QED) is 0.527. The molecular formula is C17H28N4O4S. The summed E-state index contributed by atoms with van der Waals surface area (Å²) in [7, 11) is -0.103. The van der Waals surface area contributed by atoms with Crippen molar-refractivity contribution in [2.75, 3.05) is 32.5 Å². The predicted octanol–water partition coefficient (Wildman–Crippen LogP) is 2.43. The molecule has 0 spiro atoms. The molecule has 0 aliphatic heterocycles. The molecule has 0 amide bonds. The molecule has 2 rings (SSSR count). The number of nitro groups is 1. The summed E-state index contributed by atoms with van der Waals surface area (Å²) in [6, 6.07) is 4.22. The molecule has 0 heterocycles. The number of benzene rings is 1. The Morgan fingerprint density at radius 2 is 1.96 bits per heavy atom. The van der Waals surface area contributed by atoms with Gasteiger partial charge in [-0.2, -0.15) is 0 Å². The summed E-state index contributed by atoms with van der Waals surface area (Å²) in [6.45, 7) is 2.92. The second-order valence-corrected chi connectivity index (χ2v) is 8.92. The van der Waals surface area contributed by atoms with Crippen LogP contribution < -0.4 is 10.0 Å². The molecule has 2 N–H and O–H groups in total. The maximum Gasteiger partial charge on any atom is 0.293 e. The molecule has 2 atom stereocenters. The number of hydrogen-bond acceptors (Lipinski definition) is 6. The number of hydrogen-bond donors (Lipinski definition) is 2. The number of sulfonamides is 1. The molecule has 2 unspecified atom stereocenters. The van der Waals surface area contributed by atoms with Crippen LogP contribution in [-0.2, 0) is 10.0 Å². The zero-order chi connectivity index (χ0) is 19.3. The monoisotopic (exact) mass is 384 g/mol. The third kappa shape index (κ3) is 5.39. The number of nitrogens with one attached hydrogen (secondary N) is 2. The number of anilines is 1. The van der Waals surface area contributed by atoms with E-state index in [0.717, 1.165) is 25.3 Å². The second kappa shape index (κ2) is 8.79. The van der Waals surface area contributed by atoms with E-state index in [1.54, 1.807) is 0 Å². The van der Waals surface area contributed by atoms with Gasteiger partial charge in [0.1, 0.15) is 5.69 Å². The molecule has 1 fully saturated rings. The maximum absolute atomic E-state index is 12.4. The first kappa shape index (κ1) is 20.6. The van der Waals surface area contributed by atoms with Crippen molar-refractivity contribution in [2.45, 2.75) is 43.5 Å². The van der Waals surface area contributed by atoms with Gasteiger partial charge in [0.05, 0.1) is 9.82 Å². The van der Waals surface area contributed by atoms with E-state index in [9.17, 15) is 18.5 Å². The van der Waals surface area contributed by atoms with Crippen molar-refractivity contribution in [1.29, 1.82) is 0 Å². The Kier molecular flexibility index (Phi) is 6.96. The topological polar surface area (TPSA) is 105 Å². The molecule has 0 saturated heterocycles. The van der Waals surface area contributed by atoms with Gasteiger partial charge in [-0.1, -0.05) is 19.8 Å². The van der Waals surface area contributed by atoms with E-state index in [4.69, 9.17) is 0 Å². The van der Waals surface area contributed by atoms with Gasteiger partial charge in [0.2, 0.25) is 10.0 Å². The Hall–Kier alpha value is -1.71. The van der Waals surface area contributed by atoms with Gasteiger partial charge in [0, 0.05) is 25.2 Å². The van der Waals surface area contributed by atoms with Crippen LogP contribution in [0.5, 0.6) is 0 Å². The first-order valence-electron chi connectivity index (χ1n) is 8.90. The Labute approximate surface area is 155 Å². The van der Waals surface area contributed by atoms with Crippen molar-refractivity contribution in [3.8, 4) is 0 Å². The Morgan fingerprint density at radius 1 is 1.27 bits per heavy atom. The number of likely N-dealkylation sites (N-methyl/N-ethyl adjacent to an activating group) is 1. The van der Waals surface area contributed by atoms with Crippen molar-refractivity contribution in [2.24, 2.45) is 5.92 Å². The fourth-order valence-corrected chi connectivity index (χ4v) is 4.21. The molecule has 146 valence electrons. The summed E-state index contributed by atoms with van der Waals surface area (Å²) in [6.07, 6.45) is 4.33. The fourth-order valence-electron chi connectivity index (χ4n) is 3.17. The van der Waals surface area contributed by atoms with Crippen LogP contribution in [-0.4, -0.2) is 51.5 Å². The molecule has 1 saturated carbocycles. The Morgan fingerprint density at radius 3 is 2.58 bits per heavy atom. The second-order valence-electron chi connectivity index (χ2n) is 7.15. The van der Waals surface area contributed by atoms with Crippen LogP contribution in [0.15, 0.2) is 23.1 Å². The highest BCUT2D eigenvalue weighted by Gasteiger charge is 2.26. The van der Waals surface area contributed by atoms with Gasteiger partial charge in [0.15, 0.2) is 0 Å². The van der Waals surface area contributed by atoms with E-state index in [0.29, 0.717) is 18.2 Å². The molecule has 0 bridgehead atoms. The molecular weight excluding hydrogens is 356 g/mol. The molecule has 1 aromatic carbocycles. The maximum atomic E-state index is 12.4. The lowest BCUT2D eigenvalue weighted by molar-refractivity contribution is -0.384. The van der Waals surface area contributed by atoms with Gasteiger partial charge in [0.25, 0.3) is 5.69 Å². The van der Waals surface area contributed by atoms with Gasteiger partial charge in [-0.3, -0.25) is 10.1 Å². The lowest BCUT2D eigenvalue weighted by Crippen LogP contribution is -2.32. The van der Waals surface area contributed by atoms with Crippen molar-refractivity contribution in [3.63, 3.8) is 0 Å². The van der Waals surface area contributed by atoms with Gasteiger partial charge in [-0.15, -0.1) is 0 Å². The minimum Gasteiger partial charge on any atom is -0.376 e. The SMILES string of the molecule is CC1CCCCC1Nc1ccc(S(=O)(=O)NCCN(C)C)cc1[N+](=O)[O-]. The normalized spacial score (nSPS) is 20.9. The van der Waals surface area contributed by atoms with Gasteiger partial charge in [-0.25, -0.2) is 13.1 Å². The van der Waals surface area contributed by atoms with E-state index in [1.165, 1.54) is 18.6 Å². The van der Waals surface area contributed by atoms with Crippen LogP contribution in [0.4, 0.5) is 11.4 Å². The van der Waals surface area contributed by atoms with Crippen molar-refractivity contribution in [1.82, 2.24) is 9.62 Å². The molecule has 1 aromatic rings. The van der Waals surface area contributed by atoms with E-state index >= 15 is 0 Å². The van der Waals surface area contributed by atoms with Crippen molar-refractivity contribution < 1.29 is 13.3 Å². The minimum atomic E-state index is -3.78. The van der Waals surface area contributed by atoms with E-state index in [1.807, 2.05) is 19.0 Å². The highest BCUT2D eigenvalue weighted by atomic mass is 32.2. The molecule has 9 heteroatoms. The van der Waals surface area contributed by atoms with E-state index in [2.05, 4.69) is 17.0 Å². The molecule has 1 aliphatic rings. The summed E-state index contributed by atoms with van der Waals surface area (Å²) < 4.78 is 27.2. The van der Waals surface area contributed by atoms with Gasteiger partial charge >= 0.3 is 0 Å². The summed E-state index contributed by atoms with van der Waals surface area (Å²) >= 11 is 0. The third-order valence-corrected chi connectivity index (χ3v) is 6.24. The van der Waals surface area contributed by atoms with Crippen LogP contribution >= 0.6 is 0 Å². The predicted molar refractivity (Wildman–Crippen MR) is 102 cm³/mol. The Bertz CT molecular complexity index is 736. The van der Waals surface area contributed by atoms with E-state index in [-0.39, 0.29) is 23.2 Å². The molecule has 8 nitrogen and oxygen atoms in total. The molecule has 0 radical (unpaired) electrons. The first-order valence-corrected chi connectivity index (χ1v) is 10.4. The van der Waals surface area contributed by atoms with Crippen LogP contribution in [0, 0.1) is 16.0 Å². The third-order valence-electron chi connectivity index (χ3n) is 4.78. The van der Waals surface area contributed by atoms with Crippen molar-refractivity contribution >= 4 is 21.4 Å². The van der Waals surface area contributed by atoms with Crippen molar-refractivity contribution in [3.05, 3.63) is 28.3 Å². The average Bonchev–Trinajstić information content (AvgIpc) is 2.56. The Balaban J connectivity index is 2.21. The summed E-state index contributed by atoms with van der Waals surface area (Å²) in [5.74, 6) is 0.430. The smallest absolute Gasteiger partial charge is 0.293 e. The van der Waals surface area contributed by atoms with Crippen LogP contribution in [0.2, 0.25) is 0 Å². The summed E-state index contributed by atoms with van der Waals surface area (Å²) in [5, 5.41) is 14.7. The first-order chi connectivity index (χ1) is 12.2. The fraction of sp³-hybridized carbons (Fsp3) is 0.647. The summed E-state index contributed by atoms with van der Waals surface area (Å²) in [5.41, 5.74) is 0.166. The van der Waals surface area contributed by atoms with E-state index < -0.39 is 14.9 Å². The molecule has 1 aliphatic carbocycles. The standard InChI is InChI=1S/C17H28N4O4S/c1-13-6-4-5-7-15(13)19-16-9-8-14(12-17(16)21(22)23)26(24,25)18-10-11-20(2)3/h8-9,12-13,15,18-19H,4-7,10-11H2,1-3H3. The lowest BCUT2D eigenvalue weighted by Gasteiger charge is -2.30. The number of nitro benzene ring substituents is 1. The minimum absolute atomic E-state index is 0.0924. The highest BCUT2D eigenvalue weighted by Crippen LogP contribution is 2.32. The largest absolute Gasteiger partial charge is 0.376 e. The van der Waals surface area contributed by atoms with Crippen LogP contribution in [0.25, 0.3) is 0 Å². The van der Waals surface area contributed by atoms with Gasteiger partial charge < -0.3 is 10.2 Å². The van der Waals surface area contributed by atoms with Crippen LogP contribution in [0.3, 0.4) is 0 Å². The number of nitrogens with zero attached hydrogens (tertiary/aromatic N) is 2. The lowest BCUT2D eigenvalue weighted by atomic mass is 9.86.